The first kappa shape index (κ1) is 19.9. The van der Waals surface area contributed by atoms with E-state index in [1.807, 2.05) is 54.0 Å². The van der Waals surface area contributed by atoms with Crippen LogP contribution in [-0.4, -0.2) is 34.3 Å². The quantitative estimate of drug-likeness (QED) is 0.433. The van der Waals surface area contributed by atoms with E-state index < -0.39 is 0 Å². The van der Waals surface area contributed by atoms with Gasteiger partial charge in [0.2, 0.25) is 5.76 Å². The average Bonchev–Trinajstić information content (AvgIpc) is 3.33. The molecule has 0 aliphatic heterocycles. The summed E-state index contributed by atoms with van der Waals surface area (Å²) in [5.41, 5.74) is 2.28. The molecule has 1 amide bonds. The molecule has 2 heterocycles. The number of H-pyrrole nitrogens is 1. The predicted molar refractivity (Wildman–Crippen MR) is 117 cm³/mol. The topological polar surface area (TPSA) is 85.1 Å². The largest absolute Gasteiger partial charge is 0.497 e. The number of carbonyl (C=O) groups excluding carboxylic acids is 1. The minimum Gasteiger partial charge on any atom is -0.497 e. The third-order valence-corrected chi connectivity index (χ3v) is 5.27. The molecule has 154 valence electrons. The van der Waals surface area contributed by atoms with E-state index >= 15 is 0 Å². The molecule has 2 aromatic heterocycles. The van der Waals surface area contributed by atoms with Gasteiger partial charge in [-0.1, -0.05) is 30.3 Å². The molecule has 0 bridgehead atoms. The van der Waals surface area contributed by atoms with E-state index in [1.165, 1.54) is 0 Å². The zero-order valence-electron chi connectivity index (χ0n) is 16.8. The molecule has 2 N–H and O–H groups in total. The van der Waals surface area contributed by atoms with Crippen LogP contribution in [-0.2, 0) is 13.0 Å². The highest BCUT2D eigenvalue weighted by atomic mass is 32.1. The number of ether oxygens (including phenoxy) is 1. The Morgan fingerprint density at radius 3 is 2.80 bits per heavy atom. The van der Waals surface area contributed by atoms with Crippen molar-refractivity contribution in [2.45, 2.75) is 19.9 Å². The van der Waals surface area contributed by atoms with Crippen LogP contribution >= 0.6 is 12.2 Å². The zero-order valence-corrected chi connectivity index (χ0v) is 17.6. The minimum absolute atomic E-state index is 0.277. The van der Waals surface area contributed by atoms with Crippen LogP contribution in [0.15, 0.2) is 52.9 Å². The Hall–Kier alpha value is -3.39. The summed E-state index contributed by atoms with van der Waals surface area (Å²) < 4.78 is 13.8. The lowest BCUT2D eigenvalue weighted by molar-refractivity contribution is 0.0929. The van der Waals surface area contributed by atoms with Crippen LogP contribution in [0.5, 0.6) is 5.75 Å². The smallest absolute Gasteiger partial charge is 0.287 e. The van der Waals surface area contributed by atoms with E-state index in [1.54, 1.807) is 13.2 Å². The molecule has 0 aliphatic rings. The Bertz CT molecular complexity index is 1240. The van der Waals surface area contributed by atoms with Gasteiger partial charge in [-0.05, 0) is 36.8 Å². The molecule has 4 rings (SSSR count). The van der Waals surface area contributed by atoms with E-state index in [2.05, 4.69) is 15.5 Å². The number of fused-ring (bicyclic) bond motifs is 1. The fourth-order valence-corrected chi connectivity index (χ4v) is 3.77. The van der Waals surface area contributed by atoms with Crippen LogP contribution in [0.1, 0.15) is 23.3 Å². The fourth-order valence-electron chi connectivity index (χ4n) is 3.49. The first-order valence-electron chi connectivity index (χ1n) is 9.70. The Morgan fingerprint density at radius 1 is 1.27 bits per heavy atom. The van der Waals surface area contributed by atoms with Crippen LogP contribution in [0.2, 0.25) is 0 Å². The van der Waals surface area contributed by atoms with Crippen molar-refractivity contribution in [3.8, 4) is 16.9 Å². The number of nitrogens with zero attached hydrogens (tertiary/aromatic N) is 2. The van der Waals surface area contributed by atoms with Gasteiger partial charge in [-0.3, -0.25) is 9.89 Å². The average molecular weight is 423 g/mol. The molecule has 0 aliphatic carbocycles. The SMILES string of the molecule is CCn1c(CCNC(=O)c2oc3cc(OC)ccc3c2-c2ccccc2)n[nH]c1=S. The number of hydrogen-bond donors (Lipinski definition) is 2. The molecule has 2 aromatic carbocycles. The molecule has 0 atom stereocenters. The van der Waals surface area contributed by atoms with E-state index in [9.17, 15) is 4.79 Å². The molecule has 8 heteroatoms. The van der Waals surface area contributed by atoms with Crippen molar-refractivity contribution in [2.24, 2.45) is 0 Å². The number of furan rings is 1. The number of hydrogen-bond acceptors (Lipinski definition) is 5. The van der Waals surface area contributed by atoms with Gasteiger partial charge in [0.15, 0.2) is 4.77 Å². The van der Waals surface area contributed by atoms with Crippen molar-refractivity contribution in [2.75, 3.05) is 13.7 Å². The number of carbonyl (C=O) groups is 1. The second kappa shape index (κ2) is 8.54. The number of methoxy groups -OCH3 is 1. The number of aromatic amines is 1. The zero-order chi connectivity index (χ0) is 21.1. The fraction of sp³-hybridized carbons (Fsp3) is 0.227. The Balaban J connectivity index is 1.63. The standard InChI is InChI=1S/C22H22N4O3S/c1-3-26-18(24-25-22(26)30)11-12-23-21(27)20-19(14-7-5-4-6-8-14)16-10-9-15(28-2)13-17(16)29-20/h4-10,13H,3,11-12H2,1-2H3,(H,23,27)(H,25,30). The van der Waals surface area contributed by atoms with Gasteiger partial charge >= 0.3 is 0 Å². The van der Waals surface area contributed by atoms with Crippen LogP contribution in [0.25, 0.3) is 22.1 Å². The first-order valence-corrected chi connectivity index (χ1v) is 10.1. The minimum atomic E-state index is -0.277. The van der Waals surface area contributed by atoms with Gasteiger partial charge in [0.25, 0.3) is 5.91 Å². The second-order valence-electron chi connectivity index (χ2n) is 6.73. The molecule has 0 saturated heterocycles. The molecular formula is C22H22N4O3S. The monoisotopic (exact) mass is 422 g/mol. The van der Waals surface area contributed by atoms with Gasteiger partial charge in [0.05, 0.1) is 7.11 Å². The molecule has 0 saturated carbocycles. The Labute approximate surface area is 178 Å². The third kappa shape index (κ3) is 3.73. The van der Waals surface area contributed by atoms with Crippen LogP contribution in [0.3, 0.4) is 0 Å². The molecule has 0 unspecified atom stereocenters. The predicted octanol–water partition coefficient (Wildman–Crippen LogP) is 4.35. The molecule has 0 radical (unpaired) electrons. The van der Waals surface area contributed by atoms with Gasteiger partial charge in [-0.25, -0.2) is 0 Å². The molecule has 4 aromatic rings. The van der Waals surface area contributed by atoms with Crippen molar-refractivity contribution in [1.29, 1.82) is 0 Å². The summed E-state index contributed by atoms with van der Waals surface area (Å²) in [7, 11) is 1.60. The Morgan fingerprint density at radius 2 is 2.07 bits per heavy atom. The summed E-state index contributed by atoms with van der Waals surface area (Å²) in [6.07, 6.45) is 0.557. The van der Waals surface area contributed by atoms with E-state index in [0.717, 1.165) is 28.9 Å². The summed E-state index contributed by atoms with van der Waals surface area (Å²) >= 11 is 5.21. The maximum absolute atomic E-state index is 13.0. The third-order valence-electron chi connectivity index (χ3n) is 4.95. The van der Waals surface area contributed by atoms with Crippen LogP contribution in [0.4, 0.5) is 0 Å². The maximum atomic E-state index is 13.0. The number of amides is 1. The normalized spacial score (nSPS) is 11.0. The molecular weight excluding hydrogens is 400 g/mol. The van der Waals surface area contributed by atoms with Gasteiger partial charge in [-0.15, -0.1) is 0 Å². The van der Waals surface area contributed by atoms with Crippen LogP contribution < -0.4 is 10.1 Å². The summed E-state index contributed by atoms with van der Waals surface area (Å²) in [6.45, 7) is 3.14. The number of aromatic nitrogens is 3. The lowest BCUT2D eigenvalue weighted by Crippen LogP contribution is -2.26. The first-order chi connectivity index (χ1) is 14.6. The van der Waals surface area contributed by atoms with Crippen molar-refractivity contribution >= 4 is 29.1 Å². The lowest BCUT2D eigenvalue weighted by Gasteiger charge is -2.06. The maximum Gasteiger partial charge on any atom is 0.287 e. The molecule has 0 fully saturated rings. The highest BCUT2D eigenvalue weighted by Gasteiger charge is 2.22. The van der Waals surface area contributed by atoms with Crippen LogP contribution in [0, 0.1) is 4.77 Å². The number of benzene rings is 2. The van der Waals surface area contributed by atoms with Crippen molar-refractivity contribution < 1.29 is 13.9 Å². The van der Waals surface area contributed by atoms with Gasteiger partial charge < -0.3 is 19.0 Å². The Kier molecular flexibility index (Phi) is 5.67. The molecule has 7 nitrogen and oxygen atoms in total. The van der Waals surface area contributed by atoms with Crippen molar-refractivity contribution in [1.82, 2.24) is 20.1 Å². The summed E-state index contributed by atoms with van der Waals surface area (Å²) in [5.74, 6) is 1.48. The second-order valence-corrected chi connectivity index (χ2v) is 7.12. The van der Waals surface area contributed by atoms with E-state index in [-0.39, 0.29) is 11.7 Å². The number of nitrogens with one attached hydrogen (secondary N) is 2. The summed E-state index contributed by atoms with van der Waals surface area (Å²) in [6, 6.07) is 15.3. The van der Waals surface area contributed by atoms with Gasteiger partial charge in [-0.2, -0.15) is 5.10 Å². The van der Waals surface area contributed by atoms with E-state index in [0.29, 0.717) is 29.1 Å². The summed E-state index contributed by atoms with van der Waals surface area (Å²) in [4.78, 5) is 13.0. The molecule has 30 heavy (non-hydrogen) atoms. The number of rotatable bonds is 7. The van der Waals surface area contributed by atoms with Crippen molar-refractivity contribution in [3.05, 3.63) is 64.9 Å². The summed E-state index contributed by atoms with van der Waals surface area (Å²) in [5, 5.41) is 10.8. The molecule has 0 spiro atoms. The van der Waals surface area contributed by atoms with Crippen molar-refractivity contribution in [3.63, 3.8) is 0 Å². The van der Waals surface area contributed by atoms with E-state index in [4.69, 9.17) is 21.4 Å². The van der Waals surface area contributed by atoms with Gasteiger partial charge in [0, 0.05) is 36.5 Å². The van der Waals surface area contributed by atoms with Gasteiger partial charge in [0.1, 0.15) is 17.2 Å². The highest BCUT2D eigenvalue weighted by Crippen LogP contribution is 2.36. The lowest BCUT2D eigenvalue weighted by atomic mass is 10.0. The highest BCUT2D eigenvalue weighted by molar-refractivity contribution is 7.71.